The van der Waals surface area contributed by atoms with Crippen molar-refractivity contribution in [3.05, 3.63) is 65.2 Å². The third-order valence-corrected chi connectivity index (χ3v) is 3.41. The predicted octanol–water partition coefficient (Wildman–Crippen LogP) is 3.06. The minimum Gasteiger partial charge on any atom is -0.493 e. The summed E-state index contributed by atoms with van der Waals surface area (Å²) in [6.45, 7) is 0.728. The highest BCUT2D eigenvalue weighted by atomic mass is 16.5. The van der Waals surface area contributed by atoms with Gasteiger partial charge in [-0.25, -0.2) is 0 Å². The molecular weight excluding hydrogens is 222 g/mol. The largest absolute Gasteiger partial charge is 0.493 e. The summed E-state index contributed by atoms with van der Waals surface area (Å²) in [4.78, 5) is 0. The minimum atomic E-state index is 0.115. The van der Waals surface area contributed by atoms with Crippen molar-refractivity contribution in [1.29, 1.82) is 0 Å². The van der Waals surface area contributed by atoms with Gasteiger partial charge in [-0.05, 0) is 23.6 Å². The van der Waals surface area contributed by atoms with Crippen LogP contribution >= 0.6 is 0 Å². The number of benzene rings is 2. The van der Waals surface area contributed by atoms with E-state index in [1.54, 1.807) is 0 Å². The zero-order chi connectivity index (χ0) is 12.4. The van der Waals surface area contributed by atoms with Crippen LogP contribution in [-0.4, -0.2) is 6.61 Å². The molecule has 0 saturated heterocycles. The van der Waals surface area contributed by atoms with Gasteiger partial charge in [0.25, 0.3) is 0 Å². The molecule has 0 amide bonds. The van der Waals surface area contributed by atoms with Crippen LogP contribution in [0.25, 0.3) is 0 Å². The fourth-order valence-electron chi connectivity index (χ4n) is 2.41. The first-order valence-electron chi connectivity index (χ1n) is 6.38. The normalized spacial score (nSPS) is 17.9. The zero-order valence-corrected chi connectivity index (χ0v) is 10.3. The van der Waals surface area contributed by atoms with E-state index < -0.39 is 0 Å². The lowest BCUT2D eigenvalue weighted by atomic mass is 9.96. The molecule has 1 aliphatic heterocycles. The van der Waals surface area contributed by atoms with Crippen LogP contribution in [0.1, 0.15) is 29.2 Å². The predicted molar refractivity (Wildman–Crippen MR) is 72.7 cm³/mol. The molecule has 2 aromatic carbocycles. The van der Waals surface area contributed by atoms with Crippen LogP contribution in [-0.2, 0) is 6.42 Å². The van der Waals surface area contributed by atoms with Gasteiger partial charge < -0.3 is 10.5 Å². The molecule has 18 heavy (non-hydrogen) atoms. The van der Waals surface area contributed by atoms with E-state index in [4.69, 9.17) is 10.5 Å². The monoisotopic (exact) mass is 239 g/mol. The Labute approximate surface area is 107 Å². The number of nitrogens with two attached hydrogens (primary N) is 1. The van der Waals surface area contributed by atoms with Gasteiger partial charge in [0.1, 0.15) is 5.75 Å². The molecule has 0 fully saturated rings. The van der Waals surface area contributed by atoms with Gasteiger partial charge in [0.05, 0.1) is 6.61 Å². The molecule has 0 saturated carbocycles. The standard InChI is InChI=1S/C16H17NO/c17-15-8-9-18-16-7-6-13(11-14(15)16)10-12-4-2-1-3-5-12/h1-7,11,15H,8-10,17H2/t15-/m0/s1. The third kappa shape index (κ3) is 2.24. The second-order valence-electron chi connectivity index (χ2n) is 4.78. The SMILES string of the molecule is N[C@H]1CCOc2ccc(Cc3ccccc3)cc21. The first-order chi connectivity index (χ1) is 8.83. The average molecular weight is 239 g/mol. The smallest absolute Gasteiger partial charge is 0.124 e. The van der Waals surface area contributed by atoms with Crippen LogP contribution in [0.2, 0.25) is 0 Å². The van der Waals surface area contributed by atoms with Gasteiger partial charge in [0.15, 0.2) is 0 Å². The topological polar surface area (TPSA) is 35.2 Å². The summed E-state index contributed by atoms with van der Waals surface area (Å²) in [6.07, 6.45) is 1.85. The van der Waals surface area contributed by atoms with Gasteiger partial charge in [-0.2, -0.15) is 0 Å². The van der Waals surface area contributed by atoms with E-state index in [9.17, 15) is 0 Å². The average Bonchev–Trinajstić information content (AvgIpc) is 2.41. The van der Waals surface area contributed by atoms with E-state index >= 15 is 0 Å². The Bertz CT molecular complexity index is 536. The molecule has 0 radical (unpaired) electrons. The van der Waals surface area contributed by atoms with Crippen LogP contribution in [0.4, 0.5) is 0 Å². The maximum Gasteiger partial charge on any atom is 0.124 e. The van der Waals surface area contributed by atoms with Gasteiger partial charge in [0, 0.05) is 18.0 Å². The number of hydrogen-bond acceptors (Lipinski definition) is 2. The van der Waals surface area contributed by atoms with E-state index in [0.717, 1.165) is 30.8 Å². The van der Waals surface area contributed by atoms with E-state index in [-0.39, 0.29) is 6.04 Å². The summed E-state index contributed by atoms with van der Waals surface area (Å²) in [5.74, 6) is 0.950. The summed E-state index contributed by atoms with van der Waals surface area (Å²) in [5, 5.41) is 0. The molecule has 0 aliphatic carbocycles. The molecule has 1 atom stereocenters. The summed E-state index contributed by atoms with van der Waals surface area (Å²) >= 11 is 0. The highest BCUT2D eigenvalue weighted by Crippen LogP contribution is 2.31. The van der Waals surface area contributed by atoms with Crippen molar-refractivity contribution in [3.8, 4) is 5.75 Å². The Morgan fingerprint density at radius 3 is 2.72 bits per heavy atom. The molecule has 1 aliphatic rings. The fourth-order valence-corrected chi connectivity index (χ4v) is 2.41. The van der Waals surface area contributed by atoms with Gasteiger partial charge in [-0.15, -0.1) is 0 Å². The number of fused-ring (bicyclic) bond motifs is 1. The van der Waals surface area contributed by atoms with Crippen molar-refractivity contribution in [3.63, 3.8) is 0 Å². The van der Waals surface area contributed by atoms with E-state index in [1.807, 2.05) is 12.1 Å². The lowest BCUT2D eigenvalue weighted by molar-refractivity contribution is 0.269. The van der Waals surface area contributed by atoms with Crippen molar-refractivity contribution in [1.82, 2.24) is 0 Å². The van der Waals surface area contributed by atoms with Crippen molar-refractivity contribution in [2.75, 3.05) is 6.61 Å². The van der Waals surface area contributed by atoms with Crippen LogP contribution in [0.15, 0.2) is 48.5 Å². The Hall–Kier alpha value is -1.80. The van der Waals surface area contributed by atoms with Gasteiger partial charge in [0.2, 0.25) is 0 Å². The fraction of sp³-hybridized carbons (Fsp3) is 0.250. The lowest BCUT2D eigenvalue weighted by Crippen LogP contribution is -2.20. The molecule has 0 spiro atoms. The zero-order valence-electron chi connectivity index (χ0n) is 10.3. The van der Waals surface area contributed by atoms with E-state index in [0.29, 0.717) is 0 Å². The minimum absolute atomic E-state index is 0.115. The summed E-state index contributed by atoms with van der Waals surface area (Å²) < 4.78 is 5.62. The molecule has 0 aromatic heterocycles. The molecule has 0 unspecified atom stereocenters. The number of rotatable bonds is 2. The van der Waals surface area contributed by atoms with Gasteiger partial charge >= 0.3 is 0 Å². The lowest BCUT2D eigenvalue weighted by Gasteiger charge is -2.23. The Kier molecular flexibility index (Phi) is 3.03. The summed E-state index contributed by atoms with van der Waals surface area (Å²) in [5.41, 5.74) is 9.89. The Balaban J connectivity index is 1.88. The maximum atomic E-state index is 6.13. The van der Waals surface area contributed by atoms with Crippen LogP contribution in [0.3, 0.4) is 0 Å². The van der Waals surface area contributed by atoms with Crippen LogP contribution in [0, 0.1) is 0 Å². The molecule has 2 heteroatoms. The molecule has 0 bridgehead atoms. The molecule has 92 valence electrons. The summed E-state index contributed by atoms with van der Waals surface area (Å²) in [6, 6.07) is 17.0. The first kappa shape index (κ1) is 11.3. The van der Waals surface area contributed by atoms with E-state index in [1.165, 1.54) is 11.1 Å². The quantitative estimate of drug-likeness (QED) is 0.874. The van der Waals surface area contributed by atoms with Crippen molar-refractivity contribution >= 4 is 0 Å². The molecule has 2 N–H and O–H groups in total. The highest BCUT2D eigenvalue weighted by Gasteiger charge is 2.18. The number of hydrogen-bond donors (Lipinski definition) is 1. The first-order valence-corrected chi connectivity index (χ1v) is 6.38. The Morgan fingerprint density at radius 2 is 1.89 bits per heavy atom. The molecule has 2 aromatic rings. The van der Waals surface area contributed by atoms with E-state index in [2.05, 4.69) is 36.4 Å². The molecule has 3 rings (SSSR count). The third-order valence-electron chi connectivity index (χ3n) is 3.41. The van der Waals surface area contributed by atoms with Crippen molar-refractivity contribution in [2.24, 2.45) is 5.73 Å². The van der Waals surface area contributed by atoms with Gasteiger partial charge in [-0.1, -0.05) is 42.5 Å². The maximum absolute atomic E-state index is 6.13. The molecular formula is C16H17NO. The molecule has 1 heterocycles. The van der Waals surface area contributed by atoms with Crippen molar-refractivity contribution < 1.29 is 4.74 Å². The van der Waals surface area contributed by atoms with Gasteiger partial charge in [-0.3, -0.25) is 0 Å². The highest BCUT2D eigenvalue weighted by molar-refractivity contribution is 5.42. The second kappa shape index (κ2) is 4.83. The van der Waals surface area contributed by atoms with Crippen LogP contribution < -0.4 is 10.5 Å². The second-order valence-corrected chi connectivity index (χ2v) is 4.78. The summed E-state index contributed by atoms with van der Waals surface area (Å²) in [7, 11) is 0. The van der Waals surface area contributed by atoms with Crippen LogP contribution in [0.5, 0.6) is 5.75 Å². The number of ether oxygens (including phenoxy) is 1. The Morgan fingerprint density at radius 1 is 1.06 bits per heavy atom. The molecule has 2 nitrogen and oxygen atoms in total. The van der Waals surface area contributed by atoms with Crippen molar-refractivity contribution in [2.45, 2.75) is 18.9 Å².